The highest BCUT2D eigenvalue weighted by Gasteiger charge is 2.18. The summed E-state index contributed by atoms with van der Waals surface area (Å²) in [6, 6.07) is 6.57. The van der Waals surface area contributed by atoms with Gasteiger partial charge in [-0.25, -0.2) is 9.78 Å². The number of nitrogens with zero attached hydrogens (tertiary/aromatic N) is 2. The van der Waals surface area contributed by atoms with Crippen molar-refractivity contribution in [3.63, 3.8) is 0 Å². The van der Waals surface area contributed by atoms with E-state index in [4.69, 9.17) is 21.1 Å². The van der Waals surface area contributed by atoms with Crippen LogP contribution in [-0.4, -0.2) is 20.5 Å². The van der Waals surface area contributed by atoms with Crippen molar-refractivity contribution in [2.24, 2.45) is 0 Å². The molecule has 3 aromatic heterocycles. The summed E-state index contributed by atoms with van der Waals surface area (Å²) < 4.78 is 6.85. The SMILES string of the molecule is O=C(O)c1cccn2c(-c3ccco3)nc(Cl)c12. The van der Waals surface area contributed by atoms with E-state index in [1.165, 1.54) is 12.3 Å². The normalized spacial score (nSPS) is 10.9. The van der Waals surface area contributed by atoms with Gasteiger partial charge in [-0.05, 0) is 24.3 Å². The predicted octanol–water partition coefficient (Wildman–Crippen LogP) is 2.95. The number of furan rings is 1. The summed E-state index contributed by atoms with van der Waals surface area (Å²) in [5.74, 6) is -0.0454. The van der Waals surface area contributed by atoms with Gasteiger partial charge in [0.1, 0.15) is 0 Å². The van der Waals surface area contributed by atoms with Crippen molar-refractivity contribution in [3.05, 3.63) is 47.4 Å². The molecule has 0 saturated carbocycles. The number of carboxylic acids is 1. The molecule has 90 valence electrons. The molecule has 18 heavy (non-hydrogen) atoms. The zero-order valence-corrected chi connectivity index (χ0v) is 9.76. The van der Waals surface area contributed by atoms with Gasteiger partial charge in [-0.1, -0.05) is 11.6 Å². The van der Waals surface area contributed by atoms with E-state index in [-0.39, 0.29) is 10.7 Å². The largest absolute Gasteiger partial charge is 0.478 e. The van der Waals surface area contributed by atoms with Crippen LogP contribution >= 0.6 is 11.6 Å². The summed E-state index contributed by atoms with van der Waals surface area (Å²) in [6.45, 7) is 0. The van der Waals surface area contributed by atoms with Gasteiger partial charge in [0, 0.05) is 6.20 Å². The molecule has 0 aromatic carbocycles. The molecule has 0 spiro atoms. The van der Waals surface area contributed by atoms with Crippen LogP contribution in [0, 0.1) is 0 Å². The average molecular weight is 263 g/mol. The Kier molecular flexibility index (Phi) is 2.34. The molecule has 0 unspecified atom stereocenters. The van der Waals surface area contributed by atoms with E-state index in [1.807, 2.05) is 0 Å². The van der Waals surface area contributed by atoms with E-state index in [2.05, 4.69) is 4.98 Å². The van der Waals surface area contributed by atoms with Crippen LogP contribution in [0.5, 0.6) is 0 Å². The van der Waals surface area contributed by atoms with Crippen molar-refractivity contribution in [3.8, 4) is 11.6 Å². The zero-order valence-electron chi connectivity index (χ0n) is 9.00. The van der Waals surface area contributed by atoms with Gasteiger partial charge in [-0.3, -0.25) is 4.40 Å². The third-order valence-corrected chi connectivity index (χ3v) is 2.86. The minimum absolute atomic E-state index is 0.104. The van der Waals surface area contributed by atoms with Crippen LogP contribution in [0.15, 0.2) is 41.1 Å². The van der Waals surface area contributed by atoms with Crippen LogP contribution in [0.3, 0.4) is 0 Å². The van der Waals surface area contributed by atoms with Gasteiger partial charge in [-0.15, -0.1) is 0 Å². The van der Waals surface area contributed by atoms with Gasteiger partial charge < -0.3 is 9.52 Å². The average Bonchev–Trinajstić information content (AvgIpc) is 2.97. The number of hydrogen-bond acceptors (Lipinski definition) is 3. The summed E-state index contributed by atoms with van der Waals surface area (Å²) >= 11 is 6.01. The maximum Gasteiger partial charge on any atom is 0.337 e. The predicted molar refractivity (Wildman–Crippen MR) is 64.9 cm³/mol. The second kappa shape index (κ2) is 3.89. The number of aromatic nitrogens is 2. The highest BCUT2D eigenvalue weighted by Crippen LogP contribution is 2.28. The molecule has 0 aliphatic rings. The molecule has 0 atom stereocenters. The topological polar surface area (TPSA) is 67.7 Å². The quantitative estimate of drug-likeness (QED) is 0.771. The minimum Gasteiger partial charge on any atom is -0.478 e. The van der Waals surface area contributed by atoms with Gasteiger partial charge in [0.2, 0.25) is 0 Å². The number of halogens is 1. The van der Waals surface area contributed by atoms with Crippen LogP contribution in [0.4, 0.5) is 0 Å². The molecule has 3 aromatic rings. The summed E-state index contributed by atoms with van der Waals surface area (Å²) in [5, 5.41) is 9.26. The highest BCUT2D eigenvalue weighted by molar-refractivity contribution is 6.33. The lowest BCUT2D eigenvalue weighted by Gasteiger charge is -2.00. The lowest BCUT2D eigenvalue weighted by Crippen LogP contribution is -2.00. The van der Waals surface area contributed by atoms with Gasteiger partial charge >= 0.3 is 5.97 Å². The summed E-state index contributed by atoms with van der Waals surface area (Å²) in [7, 11) is 0. The molecule has 6 heteroatoms. The van der Waals surface area contributed by atoms with E-state index in [0.717, 1.165) is 0 Å². The molecule has 1 N–H and O–H groups in total. The van der Waals surface area contributed by atoms with Crippen LogP contribution in [0.1, 0.15) is 10.4 Å². The van der Waals surface area contributed by atoms with Crippen molar-refractivity contribution in [1.82, 2.24) is 9.38 Å². The Bertz CT molecular complexity index is 731. The number of pyridine rings is 1. The lowest BCUT2D eigenvalue weighted by atomic mass is 10.2. The molecule has 3 heterocycles. The fourth-order valence-corrected chi connectivity index (χ4v) is 2.12. The third kappa shape index (κ3) is 1.48. The Morgan fingerprint density at radius 1 is 1.39 bits per heavy atom. The number of hydrogen-bond donors (Lipinski definition) is 1. The van der Waals surface area contributed by atoms with Gasteiger partial charge in [0.15, 0.2) is 16.7 Å². The first kappa shape index (κ1) is 10.9. The lowest BCUT2D eigenvalue weighted by molar-refractivity contribution is 0.0698. The Morgan fingerprint density at radius 2 is 2.22 bits per heavy atom. The Balaban J connectivity index is 2.38. The van der Waals surface area contributed by atoms with Crippen molar-refractivity contribution >= 4 is 23.1 Å². The number of fused-ring (bicyclic) bond motifs is 1. The van der Waals surface area contributed by atoms with Crippen LogP contribution in [0.2, 0.25) is 5.15 Å². The van der Waals surface area contributed by atoms with Crippen molar-refractivity contribution in [2.75, 3.05) is 0 Å². The number of imidazole rings is 1. The molecule has 0 aliphatic carbocycles. The highest BCUT2D eigenvalue weighted by atomic mass is 35.5. The standard InChI is InChI=1S/C12H7ClN2O3/c13-10-9-7(12(16)17)3-1-5-15(9)11(14-10)8-4-2-6-18-8/h1-6H,(H,16,17). The Labute approximate surface area is 106 Å². The molecule has 0 aliphatic heterocycles. The summed E-state index contributed by atoms with van der Waals surface area (Å²) in [4.78, 5) is 15.3. The van der Waals surface area contributed by atoms with E-state index in [0.29, 0.717) is 17.1 Å². The molecule has 3 rings (SSSR count). The maximum absolute atomic E-state index is 11.1. The molecular weight excluding hydrogens is 256 g/mol. The van der Waals surface area contributed by atoms with Crippen molar-refractivity contribution in [2.45, 2.75) is 0 Å². The molecular formula is C12H7ClN2O3. The first-order valence-corrected chi connectivity index (χ1v) is 5.50. The third-order valence-electron chi connectivity index (χ3n) is 2.59. The second-order valence-electron chi connectivity index (χ2n) is 3.65. The monoisotopic (exact) mass is 262 g/mol. The fourth-order valence-electron chi connectivity index (χ4n) is 1.85. The second-order valence-corrected chi connectivity index (χ2v) is 4.01. The Morgan fingerprint density at radius 3 is 2.89 bits per heavy atom. The van der Waals surface area contributed by atoms with E-state index in [9.17, 15) is 4.79 Å². The van der Waals surface area contributed by atoms with E-state index >= 15 is 0 Å². The maximum atomic E-state index is 11.1. The van der Waals surface area contributed by atoms with Crippen molar-refractivity contribution in [1.29, 1.82) is 0 Å². The minimum atomic E-state index is -1.05. The Hall–Kier alpha value is -2.27. The number of rotatable bonds is 2. The van der Waals surface area contributed by atoms with Crippen LogP contribution in [0.25, 0.3) is 17.1 Å². The molecule has 0 saturated heterocycles. The number of carbonyl (C=O) groups is 1. The zero-order chi connectivity index (χ0) is 12.7. The molecule has 0 amide bonds. The molecule has 0 radical (unpaired) electrons. The van der Waals surface area contributed by atoms with Gasteiger partial charge in [0.05, 0.1) is 17.3 Å². The number of carboxylic acid groups (broad SMARTS) is 1. The van der Waals surface area contributed by atoms with Crippen LogP contribution in [-0.2, 0) is 0 Å². The fraction of sp³-hybridized carbons (Fsp3) is 0. The molecule has 0 bridgehead atoms. The van der Waals surface area contributed by atoms with Gasteiger partial charge in [0.25, 0.3) is 0 Å². The smallest absolute Gasteiger partial charge is 0.337 e. The van der Waals surface area contributed by atoms with Crippen LogP contribution < -0.4 is 0 Å². The number of aromatic carboxylic acids is 1. The molecule has 0 fully saturated rings. The molecule has 5 nitrogen and oxygen atoms in total. The van der Waals surface area contributed by atoms with Gasteiger partial charge in [-0.2, -0.15) is 0 Å². The summed E-state index contributed by atoms with van der Waals surface area (Å²) in [5.41, 5.74) is 0.464. The van der Waals surface area contributed by atoms with E-state index < -0.39 is 5.97 Å². The first-order valence-electron chi connectivity index (χ1n) is 5.12. The van der Waals surface area contributed by atoms with E-state index in [1.54, 1.807) is 28.8 Å². The van der Waals surface area contributed by atoms with Crippen molar-refractivity contribution < 1.29 is 14.3 Å². The first-order chi connectivity index (χ1) is 8.68. The summed E-state index contributed by atoms with van der Waals surface area (Å²) in [6.07, 6.45) is 3.21.